The van der Waals surface area contributed by atoms with E-state index in [-0.39, 0.29) is 12.6 Å². The molecule has 0 heterocycles. The highest BCUT2D eigenvalue weighted by Crippen LogP contribution is 2.40. The quantitative estimate of drug-likeness (QED) is 0.507. The van der Waals surface area contributed by atoms with Crippen LogP contribution in [0.4, 0.5) is 10.5 Å². The van der Waals surface area contributed by atoms with E-state index in [1.165, 1.54) is 0 Å². The maximum atomic E-state index is 12.2. The SMILES string of the molecule is CCOc1cc(NC(=O)NCC(OCC)OCC)cc(OCC)c1OCC. The van der Waals surface area contributed by atoms with Crippen LogP contribution in [0.5, 0.6) is 17.2 Å². The summed E-state index contributed by atoms with van der Waals surface area (Å²) in [6.45, 7) is 12.0. The summed E-state index contributed by atoms with van der Waals surface area (Å²) in [5, 5.41) is 5.50. The van der Waals surface area contributed by atoms with Crippen molar-refractivity contribution in [3.8, 4) is 17.2 Å². The molecule has 0 aliphatic carbocycles. The summed E-state index contributed by atoms with van der Waals surface area (Å²) < 4.78 is 27.8. The highest BCUT2D eigenvalue weighted by Gasteiger charge is 2.17. The number of urea groups is 1. The number of nitrogens with one attached hydrogen (secondary N) is 2. The summed E-state index contributed by atoms with van der Waals surface area (Å²) in [6, 6.07) is 3.03. The number of carbonyl (C=O) groups is 1. The number of rotatable bonds is 13. The van der Waals surface area contributed by atoms with Gasteiger partial charge in [0, 0.05) is 25.3 Å². The molecule has 27 heavy (non-hydrogen) atoms. The third-order valence-electron chi connectivity index (χ3n) is 3.30. The monoisotopic (exact) mass is 384 g/mol. The topological polar surface area (TPSA) is 87.3 Å². The number of benzene rings is 1. The van der Waals surface area contributed by atoms with Crippen molar-refractivity contribution in [2.24, 2.45) is 0 Å². The largest absolute Gasteiger partial charge is 0.490 e. The second-order valence-electron chi connectivity index (χ2n) is 5.28. The van der Waals surface area contributed by atoms with Gasteiger partial charge in [0.1, 0.15) is 0 Å². The fourth-order valence-corrected chi connectivity index (χ4v) is 2.35. The van der Waals surface area contributed by atoms with Gasteiger partial charge in [0.05, 0.1) is 32.1 Å². The predicted octanol–water partition coefficient (Wildman–Crippen LogP) is 3.40. The number of hydrogen-bond acceptors (Lipinski definition) is 6. The van der Waals surface area contributed by atoms with Crippen molar-refractivity contribution in [1.29, 1.82) is 0 Å². The Labute approximate surface area is 161 Å². The van der Waals surface area contributed by atoms with Crippen LogP contribution in [-0.2, 0) is 9.47 Å². The highest BCUT2D eigenvalue weighted by atomic mass is 16.7. The van der Waals surface area contributed by atoms with E-state index in [0.717, 1.165) is 0 Å². The number of carbonyl (C=O) groups excluding carboxylic acids is 1. The molecule has 0 saturated carbocycles. The highest BCUT2D eigenvalue weighted by molar-refractivity contribution is 5.90. The molecule has 1 rings (SSSR count). The van der Waals surface area contributed by atoms with Gasteiger partial charge in [0.15, 0.2) is 17.8 Å². The molecule has 0 radical (unpaired) electrons. The first-order valence-electron chi connectivity index (χ1n) is 9.43. The van der Waals surface area contributed by atoms with Crippen LogP contribution in [-0.4, -0.2) is 51.9 Å². The molecule has 0 saturated heterocycles. The molecule has 8 nitrogen and oxygen atoms in total. The molecule has 2 N–H and O–H groups in total. The molecule has 0 aliphatic heterocycles. The van der Waals surface area contributed by atoms with Crippen LogP contribution in [0.2, 0.25) is 0 Å². The zero-order valence-electron chi connectivity index (χ0n) is 16.9. The minimum atomic E-state index is -0.482. The fraction of sp³-hybridized carbons (Fsp3) is 0.632. The Bertz CT molecular complexity index is 534. The Morgan fingerprint density at radius 3 is 1.81 bits per heavy atom. The molecule has 0 unspecified atom stereocenters. The maximum Gasteiger partial charge on any atom is 0.319 e. The van der Waals surface area contributed by atoms with E-state index in [9.17, 15) is 4.79 Å². The van der Waals surface area contributed by atoms with Crippen LogP contribution >= 0.6 is 0 Å². The number of anilines is 1. The third-order valence-corrected chi connectivity index (χ3v) is 3.30. The normalized spacial score (nSPS) is 10.6. The average Bonchev–Trinajstić information content (AvgIpc) is 2.63. The van der Waals surface area contributed by atoms with Crippen molar-refractivity contribution < 1.29 is 28.5 Å². The van der Waals surface area contributed by atoms with Gasteiger partial charge in [-0.05, 0) is 34.6 Å². The minimum absolute atomic E-state index is 0.237. The Balaban J connectivity index is 2.86. The van der Waals surface area contributed by atoms with Crippen molar-refractivity contribution in [2.75, 3.05) is 44.9 Å². The lowest BCUT2D eigenvalue weighted by atomic mass is 10.2. The summed E-state index contributed by atoms with van der Waals surface area (Å²) >= 11 is 0. The fourth-order valence-electron chi connectivity index (χ4n) is 2.35. The van der Waals surface area contributed by atoms with Gasteiger partial charge in [-0.25, -0.2) is 4.79 Å². The standard InChI is InChI=1S/C19H32N2O6/c1-6-23-15-11-14(12-16(24-7-2)18(15)27-10-5)21-19(22)20-13-17(25-8-3)26-9-4/h11-12,17H,6-10,13H2,1-5H3,(H2,20,21,22). The first-order valence-corrected chi connectivity index (χ1v) is 9.43. The first kappa shape index (κ1) is 22.9. The Hall–Kier alpha value is -2.19. The second-order valence-corrected chi connectivity index (χ2v) is 5.28. The summed E-state index contributed by atoms with van der Waals surface area (Å²) in [6.07, 6.45) is -0.482. The molecule has 1 aromatic rings. The summed E-state index contributed by atoms with van der Waals surface area (Å²) in [7, 11) is 0. The van der Waals surface area contributed by atoms with Crippen molar-refractivity contribution in [3.63, 3.8) is 0 Å². The van der Waals surface area contributed by atoms with Crippen molar-refractivity contribution >= 4 is 11.7 Å². The molecule has 154 valence electrons. The summed E-state index contributed by atoms with van der Waals surface area (Å²) in [5.74, 6) is 1.56. The number of ether oxygens (including phenoxy) is 5. The zero-order chi connectivity index (χ0) is 20.1. The van der Waals surface area contributed by atoms with Gasteiger partial charge in [-0.2, -0.15) is 0 Å². The molecule has 0 spiro atoms. The minimum Gasteiger partial charge on any atom is -0.490 e. The molecule has 0 bridgehead atoms. The lowest BCUT2D eigenvalue weighted by molar-refractivity contribution is -0.131. The predicted molar refractivity (Wildman–Crippen MR) is 104 cm³/mol. The molecule has 2 amide bonds. The van der Waals surface area contributed by atoms with Gasteiger partial charge in [-0.15, -0.1) is 0 Å². The van der Waals surface area contributed by atoms with Gasteiger partial charge in [-0.1, -0.05) is 0 Å². The summed E-state index contributed by atoms with van der Waals surface area (Å²) in [5.41, 5.74) is 0.534. The molecule has 0 aromatic heterocycles. The molecular weight excluding hydrogens is 352 g/mol. The molecule has 8 heteroatoms. The summed E-state index contributed by atoms with van der Waals surface area (Å²) in [4.78, 5) is 12.2. The van der Waals surface area contributed by atoms with Gasteiger partial charge in [-0.3, -0.25) is 0 Å². The molecular formula is C19H32N2O6. The van der Waals surface area contributed by atoms with Crippen LogP contribution in [0.25, 0.3) is 0 Å². The van der Waals surface area contributed by atoms with E-state index in [2.05, 4.69) is 10.6 Å². The van der Waals surface area contributed by atoms with Crippen LogP contribution in [0.1, 0.15) is 34.6 Å². The first-order chi connectivity index (χ1) is 13.1. The van der Waals surface area contributed by atoms with E-state index in [0.29, 0.717) is 56.0 Å². The van der Waals surface area contributed by atoms with Crippen molar-refractivity contribution in [2.45, 2.75) is 40.9 Å². The zero-order valence-corrected chi connectivity index (χ0v) is 16.9. The molecule has 0 fully saturated rings. The van der Waals surface area contributed by atoms with E-state index < -0.39 is 6.29 Å². The van der Waals surface area contributed by atoms with Crippen LogP contribution < -0.4 is 24.8 Å². The van der Waals surface area contributed by atoms with E-state index in [4.69, 9.17) is 23.7 Å². The van der Waals surface area contributed by atoms with E-state index >= 15 is 0 Å². The number of amides is 2. The average molecular weight is 384 g/mol. The van der Waals surface area contributed by atoms with E-state index in [1.54, 1.807) is 12.1 Å². The Kier molecular flexibility index (Phi) is 11.0. The van der Waals surface area contributed by atoms with Crippen LogP contribution in [0, 0.1) is 0 Å². The molecule has 1 aromatic carbocycles. The van der Waals surface area contributed by atoms with Gasteiger partial charge >= 0.3 is 6.03 Å². The number of hydrogen-bond donors (Lipinski definition) is 2. The Morgan fingerprint density at radius 1 is 0.852 bits per heavy atom. The van der Waals surface area contributed by atoms with Crippen LogP contribution in [0.3, 0.4) is 0 Å². The van der Waals surface area contributed by atoms with E-state index in [1.807, 2.05) is 34.6 Å². The maximum absolute atomic E-state index is 12.2. The van der Waals surface area contributed by atoms with Crippen LogP contribution in [0.15, 0.2) is 12.1 Å². The van der Waals surface area contributed by atoms with Crippen molar-refractivity contribution in [3.05, 3.63) is 12.1 Å². The second kappa shape index (κ2) is 13.1. The smallest absolute Gasteiger partial charge is 0.319 e. The van der Waals surface area contributed by atoms with Gasteiger partial charge in [0.25, 0.3) is 0 Å². The molecule has 0 atom stereocenters. The lowest BCUT2D eigenvalue weighted by Crippen LogP contribution is -2.37. The lowest BCUT2D eigenvalue weighted by Gasteiger charge is -2.19. The van der Waals surface area contributed by atoms with Gasteiger partial charge < -0.3 is 34.3 Å². The van der Waals surface area contributed by atoms with Crippen molar-refractivity contribution in [1.82, 2.24) is 5.32 Å². The molecule has 0 aliphatic rings. The van der Waals surface area contributed by atoms with Gasteiger partial charge in [0.2, 0.25) is 5.75 Å². The third kappa shape index (κ3) is 7.92. The Morgan fingerprint density at radius 2 is 1.37 bits per heavy atom.